The zero-order chi connectivity index (χ0) is 26.5. The van der Waals surface area contributed by atoms with Gasteiger partial charge in [0.15, 0.2) is 11.7 Å². The molecule has 1 atom stereocenters. The molecule has 4 rings (SSSR count). The van der Waals surface area contributed by atoms with Crippen LogP contribution in [0.15, 0.2) is 71.1 Å². The minimum atomic E-state index is -1.21. The lowest BCUT2D eigenvalue weighted by Gasteiger charge is -2.29. The predicted molar refractivity (Wildman–Crippen MR) is 136 cm³/mol. The zero-order valence-electron chi connectivity index (χ0n) is 19.8. The van der Waals surface area contributed by atoms with Crippen LogP contribution in [-0.2, 0) is 17.9 Å². The maximum atomic E-state index is 13.8. The number of aromatic nitrogens is 1. The van der Waals surface area contributed by atoms with Gasteiger partial charge in [-0.2, -0.15) is 4.37 Å². The molecule has 2 aromatic carbocycles. The number of hydrogen-bond acceptors (Lipinski definition) is 7. The van der Waals surface area contributed by atoms with Gasteiger partial charge in [-0.15, -0.1) is 0 Å². The van der Waals surface area contributed by atoms with E-state index in [0.717, 1.165) is 5.56 Å². The van der Waals surface area contributed by atoms with E-state index in [1.165, 1.54) is 29.2 Å². The minimum absolute atomic E-state index is 0.0555. The van der Waals surface area contributed by atoms with E-state index in [0.29, 0.717) is 22.9 Å². The van der Waals surface area contributed by atoms with Crippen LogP contribution < -0.4 is 16.8 Å². The Morgan fingerprint density at radius 2 is 1.76 bits per heavy atom. The van der Waals surface area contributed by atoms with Crippen LogP contribution in [0.25, 0.3) is 0 Å². The Morgan fingerprint density at radius 1 is 1.05 bits per heavy atom. The van der Waals surface area contributed by atoms with Gasteiger partial charge in [0.05, 0.1) is 5.69 Å². The van der Waals surface area contributed by atoms with Crippen molar-refractivity contribution in [2.45, 2.75) is 26.1 Å². The fourth-order valence-corrected chi connectivity index (χ4v) is 4.49. The number of halogens is 1. The quantitative estimate of drug-likeness (QED) is 0.307. The first-order valence-corrected chi connectivity index (χ1v) is 12.0. The first kappa shape index (κ1) is 25.6. The summed E-state index contributed by atoms with van der Waals surface area (Å²) in [5.74, 6) is -1.74. The molecule has 37 heavy (non-hydrogen) atoms. The molecule has 190 valence electrons. The normalized spacial score (nSPS) is 11.6. The second-order valence-electron chi connectivity index (χ2n) is 8.25. The minimum Gasteiger partial charge on any atom is -0.464 e. The van der Waals surface area contributed by atoms with Gasteiger partial charge < -0.3 is 26.1 Å². The SMILES string of the molecule is Cc1ccc([C@H](C(=O)NCc2ccccc2)N(Cc2ccc(F)cc2)C(=O)c2snc(C(N)=O)c2N)o1. The third kappa shape index (κ3) is 5.84. The number of nitrogen functional groups attached to an aromatic ring is 1. The van der Waals surface area contributed by atoms with Crippen molar-refractivity contribution in [3.05, 3.63) is 106 Å². The highest BCUT2D eigenvalue weighted by atomic mass is 32.1. The first-order valence-electron chi connectivity index (χ1n) is 11.2. The van der Waals surface area contributed by atoms with Crippen LogP contribution in [0.1, 0.15) is 48.8 Å². The standard InChI is InChI=1S/C26H24FN5O4S/c1-15-7-12-19(36-15)22(25(34)30-13-16-5-3-2-4-6-16)32(14-17-8-10-18(27)11-9-17)26(35)23-20(28)21(24(29)33)31-37-23/h2-12,22H,13-14,28H2,1H3,(H2,29,33)(H,30,34)/t22-/m1/s1. The van der Waals surface area contributed by atoms with Gasteiger partial charge in [0.2, 0.25) is 0 Å². The Labute approximate surface area is 216 Å². The molecule has 0 aliphatic carbocycles. The summed E-state index contributed by atoms with van der Waals surface area (Å²) in [5.41, 5.74) is 12.4. The van der Waals surface area contributed by atoms with E-state index in [9.17, 15) is 18.8 Å². The number of hydrogen-bond donors (Lipinski definition) is 3. The van der Waals surface area contributed by atoms with E-state index >= 15 is 0 Å². The van der Waals surface area contributed by atoms with Gasteiger partial charge in [-0.3, -0.25) is 14.4 Å². The highest BCUT2D eigenvalue weighted by molar-refractivity contribution is 7.09. The lowest BCUT2D eigenvalue weighted by Crippen LogP contribution is -2.43. The van der Waals surface area contributed by atoms with Gasteiger partial charge in [0, 0.05) is 13.1 Å². The Kier molecular flexibility index (Phi) is 7.63. The number of rotatable bonds is 9. The van der Waals surface area contributed by atoms with Crippen LogP contribution in [0.3, 0.4) is 0 Å². The number of amides is 3. The third-order valence-electron chi connectivity index (χ3n) is 5.58. The van der Waals surface area contributed by atoms with Crippen molar-refractivity contribution < 1.29 is 23.2 Å². The summed E-state index contributed by atoms with van der Waals surface area (Å²) < 4.78 is 23.3. The summed E-state index contributed by atoms with van der Waals surface area (Å²) in [7, 11) is 0. The van der Waals surface area contributed by atoms with Gasteiger partial charge in [0.1, 0.15) is 22.2 Å². The summed E-state index contributed by atoms with van der Waals surface area (Å²) in [5, 5.41) is 2.86. The van der Waals surface area contributed by atoms with Crippen molar-refractivity contribution in [2.75, 3.05) is 5.73 Å². The van der Waals surface area contributed by atoms with Crippen molar-refractivity contribution >= 4 is 34.9 Å². The Bertz CT molecular complexity index is 1420. The summed E-state index contributed by atoms with van der Waals surface area (Å²) in [6.07, 6.45) is 0. The molecule has 0 radical (unpaired) electrons. The molecule has 2 heterocycles. The van der Waals surface area contributed by atoms with Crippen LogP contribution in [0.4, 0.5) is 10.1 Å². The molecular weight excluding hydrogens is 497 g/mol. The molecule has 5 N–H and O–H groups in total. The average molecular weight is 522 g/mol. The number of carbonyl (C=O) groups is 3. The zero-order valence-corrected chi connectivity index (χ0v) is 20.6. The molecule has 2 aromatic heterocycles. The number of carbonyl (C=O) groups excluding carboxylic acids is 3. The number of benzene rings is 2. The molecule has 0 saturated carbocycles. The number of aryl methyl sites for hydroxylation is 1. The van der Waals surface area contributed by atoms with Crippen LogP contribution in [0.2, 0.25) is 0 Å². The van der Waals surface area contributed by atoms with Crippen molar-refractivity contribution in [3.8, 4) is 0 Å². The fourth-order valence-electron chi connectivity index (χ4n) is 3.73. The van der Waals surface area contributed by atoms with E-state index in [2.05, 4.69) is 9.69 Å². The number of nitrogens with zero attached hydrogens (tertiary/aromatic N) is 2. The van der Waals surface area contributed by atoms with Crippen LogP contribution in [0, 0.1) is 12.7 Å². The van der Waals surface area contributed by atoms with E-state index < -0.39 is 29.6 Å². The fraction of sp³-hybridized carbons (Fsp3) is 0.154. The third-order valence-corrected chi connectivity index (χ3v) is 6.43. The smallest absolute Gasteiger partial charge is 0.270 e. The molecular formula is C26H24FN5O4S. The summed E-state index contributed by atoms with van der Waals surface area (Å²) in [6, 6.07) is 16.9. The summed E-state index contributed by atoms with van der Waals surface area (Å²) in [4.78, 5) is 40.3. The monoisotopic (exact) mass is 521 g/mol. The lowest BCUT2D eigenvalue weighted by molar-refractivity contribution is -0.126. The van der Waals surface area contributed by atoms with Gasteiger partial charge in [-0.25, -0.2) is 4.39 Å². The molecule has 4 aromatic rings. The molecule has 0 bridgehead atoms. The Balaban J connectivity index is 1.75. The van der Waals surface area contributed by atoms with Crippen molar-refractivity contribution in [2.24, 2.45) is 5.73 Å². The van der Waals surface area contributed by atoms with Gasteiger partial charge in [-0.05, 0) is 53.8 Å². The average Bonchev–Trinajstić information content (AvgIpc) is 3.49. The van der Waals surface area contributed by atoms with E-state index in [4.69, 9.17) is 15.9 Å². The summed E-state index contributed by atoms with van der Waals surface area (Å²) in [6.45, 7) is 1.84. The second-order valence-corrected chi connectivity index (χ2v) is 9.03. The van der Waals surface area contributed by atoms with Crippen LogP contribution in [0.5, 0.6) is 0 Å². The van der Waals surface area contributed by atoms with Crippen molar-refractivity contribution in [1.29, 1.82) is 0 Å². The van der Waals surface area contributed by atoms with E-state index in [1.54, 1.807) is 19.1 Å². The number of nitrogens with two attached hydrogens (primary N) is 2. The maximum absolute atomic E-state index is 13.8. The second kappa shape index (κ2) is 11.0. The molecule has 0 fully saturated rings. The lowest BCUT2D eigenvalue weighted by atomic mass is 10.1. The molecule has 9 nitrogen and oxygen atoms in total. The van der Waals surface area contributed by atoms with E-state index in [-0.39, 0.29) is 35.1 Å². The number of furan rings is 1. The van der Waals surface area contributed by atoms with Crippen LogP contribution in [-0.4, -0.2) is 27.0 Å². The Hall–Kier alpha value is -4.51. The van der Waals surface area contributed by atoms with Crippen molar-refractivity contribution in [1.82, 2.24) is 14.6 Å². The largest absolute Gasteiger partial charge is 0.464 e. The highest BCUT2D eigenvalue weighted by Crippen LogP contribution is 2.31. The first-order chi connectivity index (χ1) is 17.7. The maximum Gasteiger partial charge on any atom is 0.270 e. The van der Waals surface area contributed by atoms with E-state index in [1.807, 2.05) is 30.3 Å². The summed E-state index contributed by atoms with van der Waals surface area (Å²) >= 11 is 0.704. The molecule has 0 aliphatic heterocycles. The predicted octanol–water partition coefficient (Wildman–Crippen LogP) is 3.56. The highest BCUT2D eigenvalue weighted by Gasteiger charge is 2.36. The molecule has 11 heteroatoms. The molecule has 0 saturated heterocycles. The number of primary amides is 1. The Morgan fingerprint density at radius 3 is 2.35 bits per heavy atom. The van der Waals surface area contributed by atoms with Crippen LogP contribution >= 0.6 is 11.5 Å². The molecule has 0 aliphatic rings. The van der Waals surface area contributed by atoms with Gasteiger partial charge in [-0.1, -0.05) is 42.5 Å². The van der Waals surface area contributed by atoms with Gasteiger partial charge >= 0.3 is 0 Å². The topological polar surface area (TPSA) is 145 Å². The number of nitrogens with one attached hydrogen (secondary N) is 1. The van der Waals surface area contributed by atoms with Crippen molar-refractivity contribution in [3.63, 3.8) is 0 Å². The molecule has 0 spiro atoms. The van der Waals surface area contributed by atoms with Gasteiger partial charge in [0.25, 0.3) is 17.7 Å². The molecule has 0 unspecified atom stereocenters. The molecule has 3 amide bonds. The number of anilines is 1.